The van der Waals surface area contributed by atoms with Gasteiger partial charge in [0.1, 0.15) is 12.4 Å². The molecule has 12 heteroatoms. The van der Waals surface area contributed by atoms with Crippen LogP contribution in [0.25, 0.3) is 10.2 Å². The van der Waals surface area contributed by atoms with E-state index in [1.165, 1.54) is 36.4 Å². The Bertz CT molecular complexity index is 1480. The molecular weight excluding hydrogens is 512 g/mol. The summed E-state index contributed by atoms with van der Waals surface area (Å²) in [5.74, 6) is -3.19. The van der Waals surface area contributed by atoms with Crippen molar-refractivity contribution < 1.29 is 31.5 Å². The van der Waals surface area contributed by atoms with Gasteiger partial charge in [0.25, 0.3) is 5.91 Å². The molecule has 0 spiro atoms. The van der Waals surface area contributed by atoms with Crippen molar-refractivity contribution in [2.45, 2.75) is 18.4 Å². The second-order valence-electron chi connectivity index (χ2n) is 7.35. The number of thiazole rings is 1. The van der Waals surface area contributed by atoms with E-state index in [-0.39, 0.29) is 45.2 Å². The molecule has 0 fully saturated rings. The fourth-order valence-corrected chi connectivity index (χ4v) is 5.77. The van der Waals surface area contributed by atoms with Crippen molar-refractivity contribution in [1.82, 2.24) is 8.87 Å². The van der Waals surface area contributed by atoms with Crippen LogP contribution in [0.3, 0.4) is 0 Å². The van der Waals surface area contributed by atoms with Crippen LogP contribution in [-0.2, 0) is 26.1 Å². The fraction of sp³-hybridized carbons (Fsp3) is 0.208. The molecule has 3 rings (SSSR count). The lowest BCUT2D eigenvalue weighted by atomic mass is 10.2. The molecule has 0 N–H and O–H groups in total. The Kier molecular flexibility index (Phi) is 8.66. The second kappa shape index (κ2) is 11.5. The van der Waals surface area contributed by atoms with E-state index in [0.29, 0.717) is 6.07 Å². The van der Waals surface area contributed by atoms with Gasteiger partial charge in [0, 0.05) is 24.7 Å². The number of fused-ring (bicyclic) bond motifs is 1. The quantitative estimate of drug-likeness (QED) is 0.292. The van der Waals surface area contributed by atoms with Crippen molar-refractivity contribution in [2.24, 2.45) is 4.99 Å². The summed E-state index contributed by atoms with van der Waals surface area (Å²) in [5, 5.41) is 0. The van der Waals surface area contributed by atoms with Gasteiger partial charge in [-0.25, -0.2) is 17.2 Å². The Hall–Kier alpha value is -3.48. The lowest BCUT2D eigenvalue weighted by Gasteiger charge is -2.19. The smallest absolute Gasteiger partial charge is 0.326 e. The summed E-state index contributed by atoms with van der Waals surface area (Å²) in [6.45, 7) is 8.53. The Morgan fingerprint density at radius 3 is 2.36 bits per heavy atom. The molecule has 190 valence electrons. The van der Waals surface area contributed by atoms with Crippen LogP contribution in [0.15, 0.2) is 71.6 Å². The van der Waals surface area contributed by atoms with Crippen molar-refractivity contribution in [3.8, 4) is 0 Å². The van der Waals surface area contributed by atoms with Gasteiger partial charge in [-0.05, 0) is 37.3 Å². The predicted octanol–water partition coefficient (Wildman–Crippen LogP) is 3.65. The Labute approximate surface area is 210 Å². The monoisotopic (exact) mass is 535 g/mol. The Balaban J connectivity index is 2.02. The number of hydrogen-bond acceptors (Lipinski definition) is 6. The molecule has 0 aliphatic rings. The molecule has 0 saturated heterocycles. The maximum absolute atomic E-state index is 14.5. The summed E-state index contributed by atoms with van der Waals surface area (Å²) in [6, 6.07) is 6.87. The van der Waals surface area contributed by atoms with E-state index in [9.17, 15) is 26.8 Å². The van der Waals surface area contributed by atoms with Gasteiger partial charge in [-0.1, -0.05) is 23.5 Å². The van der Waals surface area contributed by atoms with Gasteiger partial charge >= 0.3 is 5.97 Å². The lowest BCUT2D eigenvalue weighted by Crippen LogP contribution is -2.31. The van der Waals surface area contributed by atoms with Crippen LogP contribution >= 0.6 is 11.3 Å². The average Bonchev–Trinajstić information content (AvgIpc) is 3.15. The highest BCUT2D eigenvalue weighted by molar-refractivity contribution is 7.89. The second-order valence-corrected chi connectivity index (χ2v) is 10.3. The standard InChI is InChI=1S/C24H23F2N3O5S2/c1-4-11-28(12-5-2)36(32,33)18-9-7-16(8-10-18)23(31)27-24-29(15-21(30)34-6-3)22-19(26)13-17(25)14-20(22)35-24/h4-5,7-10,13-14H,1-2,6,11-12,15H2,3H3. The highest BCUT2D eigenvalue weighted by Crippen LogP contribution is 2.23. The molecule has 0 aliphatic heterocycles. The van der Waals surface area contributed by atoms with Crippen LogP contribution in [0.2, 0.25) is 0 Å². The molecular formula is C24H23F2N3O5S2. The molecule has 1 aromatic heterocycles. The number of carbonyl (C=O) groups is 2. The highest BCUT2D eigenvalue weighted by atomic mass is 32.2. The van der Waals surface area contributed by atoms with Crippen molar-refractivity contribution in [1.29, 1.82) is 0 Å². The van der Waals surface area contributed by atoms with Gasteiger partial charge < -0.3 is 9.30 Å². The summed E-state index contributed by atoms with van der Waals surface area (Å²) >= 11 is 0.824. The van der Waals surface area contributed by atoms with E-state index in [0.717, 1.165) is 26.3 Å². The maximum atomic E-state index is 14.5. The minimum Gasteiger partial charge on any atom is -0.465 e. The third-order valence-electron chi connectivity index (χ3n) is 4.89. The van der Waals surface area contributed by atoms with Crippen molar-refractivity contribution in [3.63, 3.8) is 0 Å². The van der Waals surface area contributed by atoms with Crippen LogP contribution < -0.4 is 4.80 Å². The summed E-state index contributed by atoms with van der Waals surface area (Å²) in [6.07, 6.45) is 2.89. The fourth-order valence-electron chi connectivity index (χ4n) is 3.33. The molecule has 2 aromatic carbocycles. The average molecular weight is 536 g/mol. The number of sulfonamides is 1. The van der Waals surface area contributed by atoms with Gasteiger partial charge in [-0.2, -0.15) is 9.30 Å². The van der Waals surface area contributed by atoms with Crippen LogP contribution in [0.5, 0.6) is 0 Å². The van der Waals surface area contributed by atoms with E-state index >= 15 is 0 Å². The number of nitrogens with zero attached hydrogens (tertiary/aromatic N) is 3. The molecule has 8 nitrogen and oxygen atoms in total. The van der Waals surface area contributed by atoms with Crippen molar-refractivity contribution in [3.05, 3.63) is 83.7 Å². The van der Waals surface area contributed by atoms with E-state index in [2.05, 4.69) is 18.2 Å². The van der Waals surface area contributed by atoms with E-state index in [1.807, 2.05) is 0 Å². The first-order valence-corrected chi connectivity index (χ1v) is 12.9. The van der Waals surface area contributed by atoms with Gasteiger partial charge in [0.15, 0.2) is 10.6 Å². The number of carbonyl (C=O) groups excluding carboxylic acids is 2. The third kappa shape index (κ3) is 5.83. The SMILES string of the molecule is C=CCN(CC=C)S(=O)(=O)c1ccc(C(=O)N=c2sc3cc(F)cc(F)c3n2CC(=O)OCC)cc1. The van der Waals surface area contributed by atoms with Gasteiger partial charge in [0.05, 0.1) is 21.7 Å². The van der Waals surface area contributed by atoms with E-state index in [4.69, 9.17) is 4.74 Å². The molecule has 0 bridgehead atoms. The first-order chi connectivity index (χ1) is 17.1. The number of ether oxygens (including phenoxy) is 1. The Morgan fingerprint density at radius 2 is 1.78 bits per heavy atom. The summed E-state index contributed by atoms with van der Waals surface area (Å²) in [5.41, 5.74) is -0.0355. The maximum Gasteiger partial charge on any atom is 0.326 e. The molecule has 3 aromatic rings. The number of benzene rings is 2. The number of aromatic nitrogens is 1. The highest BCUT2D eigenvalue weighted by Gasteiger charge is 2.23. The third-order valence-corrected chi connectivity index (χ3v) is 7.76. The molecule has 0 saturated carbocycles. The van der Waals surface area contributed by atoms with Crippen molar-refractivity contribution in [2.75, 3.05) is 19.7 Å². The molecule has 0 unspecified atom stereocenters. The Morgan fingerprint density at radius 1 is 1.14 bits per heavy atom. The van der Waals surface area contributed by atoms with Gasteiger partial charge in [-0.3, -0.25) is 9.59 Å². The zero-order valence-corrected chi connectivity index (χ0v) is 20.9. The first-order valence-electron chi connectivity index (χ1n) is 10.7. The normalized spacial score (nSPS) is 12.2. The lowest BCUT2D eigenvalue weighted by molar-refractivity contribution is -0.143. The van der Waals surface area contributed by atoms with Gasteiger partial charge in [-0.15, -0.1) is 13.2 Å². The first kappa shape index (κ1) is 27.1. The van der Waals surface area contributed by atoms with Crippen LogP contribution in [0, 0.1) is 11.6 Å². The molecule has 0 radical (unpaired) electrons. The van der Waals surface area contributed by atoms with Gasteiger partial charge in [0.2, 0.25) is 10.0 Å². The van der Waals surface area contributed by atoms with Crippen LogP contribution in [0.1, 0.15) is 17.3 Å². The van der Waals surface area contributed by atoms with Crippen LogP contribution in [-0.4, -0.2) is 48.9 Å². The molecule has 1 amide bonds. The number of esters is 1. The molecule has 0 atom stereocenters. The predicted molar refractivity (Wildman–Crippen MR) is 132 cm³/mol. The summed E-state index contributed by atoms with van der Waals surface area (Å²) < 4.78 is 61.4. The number of halogens is 2. The number of amides is 1. The number of hydrogen-bond donors (Lipinski definition) is 0. The largest absolute Gasteiger partial charge is 0.465 e. The molecule has 1 heterocycles. The van der Waals surface area contributed by atoms with Crippen molar-refractivity contribution >= 4 is 43.5 Å². The topological polar surface area (TPSA) is 98.0 Å². The summed E-state index contributed by atoms with van der Waals surface area (Å²) in [4.78, 5) is 28.9. The summed E-state index contributed by atoms with van der Waals surface area (Å²) in [7, 11) is -3.86. The zero-order chi connectivity index (χ0) is 26.5. The minimum absolute atomic E-state index is 0.0421. The van der Waals surface area contributed by atoms with E-state index < -0.39 is 40.1 Å². The van der Waals surface area contributed by atoms with Crippen LogP contribution in [0.4, 0.5) is 8.78 Å². The minimum atomic E-state index is -3.86. The molecule has 0 aliphatic carbocycles. The number of rotatable bonds is 10. The van der Waals surface area contributed by atoms with E-state index in [1.54, 1.807) is 6.92 Å². The zero-order valence-electron chi connectivity index (χ0n) is 19.3. The molecule has 36 heavy (non-hydrogen) atoms.